The maximum atomic E-state index is 13.1. The Kier molecular flexibility index (Phi) is 7.09. The highest BCUT2D eigenvalue weighted by atomic mass is 32.2. The fourth-order valence-electron chi connectivity index (χ4n) is 2.68. The number of carbonyl (C=O) groups excluding carboxylic acids is 2. The Labute approximate surface area is 140 Å². The highest BCUT2D eigenvalue weighted by molar-refractivity contribution is 7.87. The molecule has 1 rings (SSSR count). The summed E-state index contributed by atoms with van der Waals surface area (Å²) in [5.74, 6) is -2.46. The first-order chi connectivity index (χ1) is 11.0. The molecule has 7 nitrogen and oxygen atoms in total. The lowest BCUT2D eigenvalue weighted by atomic mass is 9.95. The summed E-state index contributed by atoms with van der Waals surface area (Å²) in [6, 6.07) is 0. The molecule has 1 aliphatic rings. The van der Waals surface area contributed by atoms with Crippen LogP contribution in [0.1, 0.15) is 39.5 Å². The third-order valence-electron chi connectivity index (χ3n) is 4.52. The SMILES string of the molecule is CCC(C)C(=O)NCC1CCCC1CNC(=O)C(F)(F)S(=O)(=O)[O-]. The van der Waals surface area contributed by atoms with Gasteiger partial charge in [-0.15, -0.1) is 0 Å². The average molecular weight is 369 g/mol. The van der Waals surface area contributed by atoms with Crippen molar-refractivity contribution in [2.75, 3.05) is 13.1 Å². The second-order valence-corrected chi connectivity index (χ2v) is 7.61. The summed E-state index contributed by atoms with van der Waals surface area (Å²) in [6.07, 6.45) is 2.97. The van der Waals surface area contributed by atoms with Crippen LogP contribution < -0.4 is 10.6 Å². The monoisotopic (exact) mass is 369 g/mol. The van der Waals surface area contributed by atoms with Gasteiger partial charge in [0.15, 0.2) is 10.1 Å². The van der Waals surface area contributed by atoms with Crippen molar-refractivity contribution in [1.29, 1.82) is 0 Å². The first-order valence-electron chi connectivity index (χ1n) is 7.90. The quantitative estimate of drug-likeness (QED) is 0.615. The lowest BCUT2D eigenvalue weighted by Gasteiger charge is -2.23. The number of nitrogens with one attached hydrogen (secondary N) is 2. The fraction of sp³-hybridized carbons (Fsp3) is 0.857. The van der Waals surface area contributed by atoms with E-state index in [9.17, 15) is 31.3 Å². The third kappa shape index (κ3) is 5.10. The van der Waals surface area contributed by atoms with Crippen molar-refractivity contribution >= 4 is 21.9 Å². The number of amides is 2. The summed E-state index contributed by atoms with van der Waals surface area (Å²) >= 11 is 0. The van der Waals surface area contributed by atoms with Gasteiger partial charge in [-0.25, -0.2) is 8.42 Å². The number of halogens is 2. The summed E-state index contributed by atoms with van der Waals surface area (Å²) in [5, 5.41) is -0.336. The molecule has 0 bridgehead atoms. The predicted molar refractivity (Wildman–Crippen MR) is 80.9 cm³/mol. The van der Waals surface area contributed by atoms with Crippen LogP contribution in [-0.4, -0.2) is 43.1 Å². The second kappa shape index (κ2) is 8.19. The van der Waals surface area contributed by atoms with Crippen LogP contribution in [0.3, 0.4) is 0 Å². The van der Waals surface area contributed by atoms with Crippen LogP contribution in [0.15, 0.2) is 0 Å². The standard InChI is InChI=1S/C14H24F2N2O5S/c1-3-9(2)12(19)17-7-10-5-4-6-11(10)8-18-13(20)14(15,16)24(21,22)23/h9-11H,3-8H2,1-2H3,(H,17,19)(H,18,20)(H,21,22,23)/p-1. The van der Waals surface area contributed by atoms with E-state index in [1.807, 2.05) is 12.2 Å². The molecule has 3 unspecified atom stereocenters. The smallest absolute Gasteiger partial charge is 0.410 e. The first kappa shape index (κ1) is 20.8. The van der Waals surface area contributed by atoms with E-state index in [1.165, 1.54) is 0 Å². The molecule has 1 saturated carbocycles. The van der Waals surface area contributed by atoms with Gasteiger partial charge in [0.2, 0.25) is 5.91 Å². The molecule has 0 spiro atoms. The van der Waals surface area contributed by atoms with E-state index >= 15 is 0 Å². The maximum Gasteiger partial charge on any atom is 0.410 e. The average Bonchev–Trinajstić information content (AvgIpc) is 2.95. The molecule has 0 aromatic carbocycles. The number of alkyl halides is 2. The molecule has 140 valence electrons. The molecule has 2 N–H and O–H groups in total. The van der Waals surface area contributed by atoms with Gasteiger partial charge in [-0.2, -0.15) is 8.78 Å². The molecular formula is C14H23F2N2O5S-. The highest BCUT2D eigenvalue weighted by Gasteiger charge is 2.46. The molecule has 1 aliphatic carbocycles. The molecular weight excluding hydrogens is 346 g/mol. The molecule has 0 aromatic heterocycles. The van der Waals surface area contributed by atoms with Crippen molar-refractivity contribution in [1.82, 2.24) is 10.6 Å². The van der Waals surface area contributed by atoms with Gasteiger partial charge in [-0.1, -0.05) is 20.3 Å². The van der Waals surface area contributed by atoms with Crippen molar-refractivity contribution in [2.24, 2.45) is 17.8 Å². The van der Waals surface area contributed by atoms with E-state index in [2.05, 4.69) is 5.32 Å². The Hall–Kier alpha value is -1.29. The van der Waals surface area contributed by atoms with Crippen molar-refractivity contribution in [3.63, 3.8) is 0 Å². The van der Waals surface area contributed by atoms with E-state index in [0.717, 1.165) is 12.8 Å². The molecule has 3 atom stereocenters. The van der Waals surface area contributed by atoms with Gasteiger partial charge >= 0.3 is 11.2 Å². The molecule has 0 saturated heterocycles. The molecule has 0 radical (unpaired) electrons. The van der Waals surface area contributed by atoms with Gasteiger partial charge in [0.25, 0.3) is 0 Å². The number of carbonyl (C=O) groups is 2. The maximum absolute atomic E-state index is 13.1. The molecule has 0 heterocycles. The molecule has 0 aliphatic heterocycles. The second-order valence-electron chi connectivity index (χ2n) is 6.19. The number of rotatable bonds is 8. The van der Waals surface area contributed by atoms with Crippen LogP contribution in [0.2, 0.25) is 0 Å². The van der Waals surface area contributed by atoms with Crippen LogP contribution in [0.5, 0.6) is 0 Å². The molecule has 0 aromatic rings. The molecule has 1 fully saturated rings. The van der Waals surface area contributed by atoms with Gasteiger partial charge in [0, 0.05) is 19.0 Å². The van der Waals surface area contributed by atoms with E-state index in [0.29, 0.717) is 19.4 Å². The summed E-state index contributed by atoms with van der Waals surface area (Å²) < 4.78 is 57.4. The summed E-state index contributed by atoms with van der Waals surface area (Å²) in [4.78, 5) is 23.0. The summed E-state index contributed by atoms with van der Waals surface area (Å²) in [6.45, 7) is 3.91. The van der Waals surface area contributed by atoms with Crippen LogP contribution in [0.4, 0.5) is 8.78 Å². The minimum atomic E-state index is -6.05. The zero-order chi connectivity index (χ0) is 18.5. The van der Waals surface area contributed by atoms with Crippen LogP contribution in [0.25, 0.3) is 0 Å². The lowest BCUT2D eigenvalue weighted by Crippen LogP contribution is -2.47. The number of hydrogen-bond acceptors (Lipinski definition) is 5. The third-order valence-corrected chi connectivity index (χ3v) is 5.33. The molecule has 10 heteroatoms. The Bertz CT molecular complexity index is 568. The van der Waals surface area contributed by atoms with Gasteiger partial charge in [-0.3, -0.25) is 9.59 Å². The van der Waals surface area contributed by atoms with Crippen molar-refractivity contribution < 1.29 is 31.3 Å². The Morgan fingerprint density at radius 3 is 2.17 bits per heavy atom. The molecule has 24 heavy (non-hydrogen) atoms. The van der Waals surface area contributed by atoms with Crippen molar-refractivity contribution in [3.05, 3.63) is 0 Å². The van der Waals surface area contributed by atoms with Gasteiger partial charge in [0.1, 0.15) is 0 Å². The van der Waals surface area contributed by atoms with Gasteiger partial charge in [-0.05, 0) is 31.1 Å². The number of hydrogen-bond donors (Lipinski definition) is 2. The minimum Gasteiger partial charge on any atom is -0.743 e. The Morgan fingerprint density at radius 1 is 1.21 bits per heavy atom. The summed E-state index contributed by atoms with van der Waals surface area (Å²) in [5.41, 5.74) is 0. The normalized spacial score (nSPS) is 22.9. The Morgan fingerprint density at radius 2 is 1.71 bits per heavy atom. The van der Waals surface area contributed by atoms with Crippen LogP contribution in [-0.2, 0) is 19.7 Å². The van der Waals surface area contributed by atoms with Crippen LogP contribution in [0, 0.1) is 17.8 Å². The van der Waals surface area contributed by atoms with Crippen molar-refractivity contribution in [2.45, 2.75) is 44.8 Å². The topological polar surface area (TPSA) is 115 Å². The van der Waals surface area contributed by atoms with E-state index in [1.54, 1.807) is 6.92 Å². The van der Waals surface area contributed by atoms with E-state index in [-0.39, 0.29) is 30.2 Å². The summed E-state index contributed by atoms with van der Waals surface area (Å²) in [7, 11) is -6.05. The molecule has 2 amide bonds. The Balaban J connectivity index is 2.53. The first-order valence-corrected chi connectivity index (χ1v) is 9.30. The highest BCUT2D eigenvalue weighted by Crippen LogP contribution is 2.31. The van der Waals surface area contributed by atoms with Gasteiger partial charge in [0.05, 0.1) is 0 Å². The van der Waals surface area contributed by atoms with E-state index in [4.69, 9.17) is 0 Å². The van der Waals surface area contributed by atoms with Crippen molar-refractivity contribution in [3.8, 4) is 0 Å². The predicted octanol–water partition coefficient (Wildman–Crippen LogP) is 0.819. The lowest BCUT2D eigenvalue weighted by molar-refractivity contribution is -0.136. The zero-order valence-corrected chi connectivity index (χ0v) is 14.5. The van der Waals surface area contributed by atoms with Crippen LogP contribution >= 0.6 is 0 Å². The van der Waals surface area contributed by atoms with E-state index < -0.39 is 21.3 Å². The largest absolute Gasteiger partial charge is 0.743 e. The zero-order valence-electron chi connectivity index (χ0n) is 13.7. The minimum absolute atomic E-state index is 0.00999. The fourth-order valence-corrected chi connectivity index (χ4v) is 2.98. The van der Waals surface area contributed by atoms with Gasteiger partial charge < -0.3 is 15.2 Å².